The second-order valence-corrected chi connectivity index (χ2v) is 13.2. The number of fused-ring (bicyclic) bond motifs is 2. The Labute approximate surface area is 313 Å². The third-order valence-corrected chi connectivity index (χ3v) is 9.37. The number of benzene rings is 5. The van der Waals surface area contributed by atoms with Crippen LogP contribution in [0.2, 0.25) is 0 Å². The normalized spacial score (nSPS) is 12.8. The van der Waals surface area contributed by atoms with Crippen molar-refractivity contribution in [3.8, 4) is 39.9 Å². The minimum atomic E-state index is -0.796. The predicted octanol–water partition coefficient (Wildman–Crippen LogP) is 10.5. The van der Waals surface area contributed by atoms with Crippen molar-refractivity contribution in [2.45, 2.75) is 44.9 Å². The third-order valence-electron chi connectivity index (χ3n) is 9.37. The topological polar surface area (TPSA) is 62.1 Å². The summed E-state index contributed by atoms with van der Waals surface area (Å²) < 4.78 is 14.7. The zero-order valence-corrected chi connectivity index (χ0v) is 31.1. The van der Waals surface area contributed by atoms with Gasteiger partial charge < -0.3 is 9.47 Å². The number of aromatic nitrogens is 4. The van der Waals surface area contributed by atoms with E-state index >= 15 is 0 Å². The van der Waals surface area contributed by atoms with E-state index in [-0.39, 0.29) is 21.1 Å². The van der Waals surface area contributed by atoms with E-state index in [1.165, 1.54) is 11.1 Å². The molecule has 7 aromatic rings. The second-order valence-electron chi connectivity index (χ2n) is 13.2. The summed E-state index contributed by atoms with van der Waals surface area (Å²) in [6.45, 7) is 8.86. The second kappa shape index (κ2) is 14.1. The quantitative estimate of drug-likeness (QED) is 0.143. The molecule has 254 valence electrons. The van der Waals surface area contributed by atoms with Gasteiger partial charge in [0.2, 0.25) is 0 Å². The number of hydrogen-bond donors (Lipinski definition) is 0. The molecule has 0 spiro atoms. The summed E-state index contributed by atoms with van der Waals surface area (Å²) in [5.74, 6) is 3.35. The molecule has 0 amide bonds. The van der Waals surface area contributed by atoms with Gasteiger partial charge in [0.05, 0.1) is 17.3 Å². The van der Waals surface area contributed by atoms with Gasteiger partial charge in [0.25, 0.3) is 0 Å². The molecule has 0 atom stereocenters. The fourth-order valence-corrected chi connectivity index (χ4v) is 7.10. The van der Waals surface area contributed by atoms with E-state index in [9.17, 15) is 0 Å². The third kappa shape index (κ3) is 6.08. The Kier molecular flexibility index (Phi) is 9.46. The number of rotatable bonds is 8. The molecule has 0 saturated heterocycles. The van der Waals surface area contributed by atoms with Crippen LogP contribution in [0, 0.1) is 12.1 Å². The largest absolute Gasteiger partial charge is 2.00 e. The molecule has 1 aliphatic heterocycles. The van der Waals surface area contributed by atoms with Crippen LogP contribution in [0.1, 0.15) is 73.0 Å². The maximum absolute atomic E-state index is 6.50. The maximum atomic E-state index is 6.50. The van der Waals surface area contributed by atoms with Crippen molar-refractivity contribution in [3.05, 3.63) is 179 Å². The van der Waals surface area contributed by atoms with Crippen LogP contribution in [0.4, 0.5) is 0 Å². The molecule has 8 rings (SSSR count). The van der Waals surface area contributed by atoms with Gasteiger partial charge in [-0.3, -0.25) is 4.98 Å². The zero-order chi connectivity index (χ0) is 34.2. The fourth-order valence-electron chi connectivity index (χ4n) is 7.10. The molecule has 0 fully saturated rings. The zero-order valence-electron chi connectivity index (χ0n) is 28.8. The Morgan fingerprint density at radius 1 is 0.667 bits per heavy atom. The monoisotopic (exact) mass is 847 g/mol. The minimum absolute atomic E-state index is 0. The van der Waals surface area contributed by atoms with Crippen LogP contribution in [-0.4, -0.2) is 20.0 Å². The van der Waals surface area contributed by atoms with E-state index in [4.69, 9.17) is 14.5 Å². The first-order valence-corrected chi connectivity index (χ1v) is 17.0. The summed E-state index contributed by atoms with van der Waals surface area (Å²) in [5.41, 5.74) is 8.18. The maximum Gasteiger partial charge on any atom is 2.00 e. The number of hydrogen-bond acceptors (Lipinski definition) is 5. The smallest absolute Gasteiger partial charge is 0.509 e. The Morgan fingerprint density at radius 2 is 1.27 bits per heavy atom. The van der Waals surface area contributed by atoms with Crippen molar-refractivity contribution in [1.82, 2.24) is 20.0 Å². The molecule has 0 aliphatic carbocycles. The van der Waals surface area contributed by atoms with Gasteiger partial charge in [0, 0.05) is 34.4 Å². The molecule has 7 heteroatoms. The summed E-state index contributed by atoms with van der Waals surface area (Å²) in [7, 11) is 0. The van der Waals surface area contributed by atoms with Crippen molar-refractivity contribution < 1.29 is 30.5 Å². The first-order chi connectivity index (χ1) is 24.4. The number of nitrogens with zero attached hydrogens (tertiary/aromatic N) is 4. The molecule has 3 heterocycles. The molecule has 0 bridgehead atoms. The van der Waals surface area contributed by atoms with E-state index in [2.05, 4.69) is 92.6 Å². The Morgan fingerprint density at radius 3 is 1.92 bits per heavy atom. The molecule has 0 radical (unpaired) electrons. The number of pyridine rings is 1. The van der Waals surface area contributed by atoms with Crippen LogP contribution in [0.15, 0.2) is 134 Å². The van der Waals surface area contributed by atoms with Gasteiger partial charge in [-0.25, -0.2) is 4.68 Å². The van der Waals surface area contributed by atoms with Gasteiger partial charge in [0.1, 0.15) is 17.2 Å². The van der Waals surface area contributed by atoms with Crippen LogP contribution < -0.4 is 9.47 Å². The van der Waals surface area contributed by atoms with E-state index in [0.29, 0.717) is 23.3 Å². The molecule has 51 heavy (non-hydrogen) atoms. The number of ether oxygens (including phenoxy) is 2. The fraction of sp³-hybridized carbons (Fsp3) is 0.159. The van der Waals surface area contributed by atoms with Gasteiger partial charge in [-0.2, -0.15) is 18.2 Å². The van der Waals surface area contributed by atoms with Crippen molar-refractivity contribution in [3.63, 3.8) is 0 Å². The first-order valence-electron chi connectivity index (χ1n) is 17.0. The molecule has 2 aromatic heterocycles. The molecule has 5 aromatic carbocycles. The molecule has 0 unspecified atom stereocenters. The summed E-state index contributed by atoms with van der Waals surface area (Å²) in [6.07, 6.45) is 3.81. The SMILES string of the molecule is CC(C)c1cccc(C(C)C)c1-c1cn(-c2[c-]c(Oc3[c-]c(C4(c5ccccn5)c5ccccc5Oc5ccccc54)ccc3)ccc2)nn1.[Pt+2]. The summed E-state index contributed by atoms with van der Waals surface area (Å²) in [5, 5.41) is 9.15. The van der Waals surface area contributed by atoms with Crippen molar-refractivity contribution in [2.24, 2.45) is 0 Å². The van der Waals surface area contributed by atoms with E-state index in [1.54, 1.807) is 4.68 Å². The molecule has 1 aliphatic rings. The van der Waals surface area contributed by atoms with Gasteiger partial charge in [-0.05, 0) is 52.9 Å². The van der Waals surface area contributed by atoms with Crippen molar-refractivity contribution in [1.29, 1.82) is 0 Å². The van der Waals surface area contributed by atoms with Crippen LogP contribution in [-0.2, 0) is 26.5 Å². The minimum Gasteiger partial charge on any atom is -0.509 e. The van der Waals surface area contributed by atoms with E-state index in [0.717, 1.165) is 50.8 Å². The van der Waals surface area contributed by atoms with E-state index < -0.39 is 5.41 Å². The van der Waals surface area contributed by atoms with Gasteiger partial charge in [-0.15, -0.1) is 41.0 Å². The van der Waals surface area contributed by atoms with E-state index in [1.807, 2.05) is 91.3 Å². The average molecular weight is 848 g/mol. The van der Waals surface area contributed by atoms with Gasteiger partial charge in [-0.1, -0.05) is 93.6 Å². The summed E-state index contributed by atoms with van der Waals surface area (Å²) in [6, 6.07) is 47.6. The molecular weight excluding hydrogens is 812 g/mol. The van der Waals surface area contributed by atoms with Gasteiger partial charge >= 0.3 is 21.1 Å². The standard InChI is InChI=1S/C44H36N4O2.Pt/c1-29(2)35-18-13-19-36(30(3)4)43(35)39-28-48(47-46-39)32-15-12-17-34(27-32)49-33-16-11-14-31(26-33)44(42-24-9-10-25-45-42)37-20-5-7-22-40(37)50-41-23-8-6-21-38(41)44;/h5-25,28-30H,1-4H3;/q-2;+2. The first kappa shape index (κ1) is 34.1. The molecule has 6 nitrogen and oxygen atoms in total. The van der Waals surface area contributed by atoms with Crippen molar-refractivity contribution in [2.75, 3.05) is 0 Å². The number of para-hydroxylation sites is 2. The molecule has 0 N–H and O–H groups in total. The van der Waals surface area contributed by atoms with Crippen LogP contribution in [0.5, 0.6) is 23.0 Å². The van der Waals surface area contributed by atoms with Crippen LogP contribution in [0.25, 0.3) is 16.9 Å². The Bertz CT molecular complexity index is 2240. The Hall–Kier alpha value is -5.32. The van der Waals surface area contributed by atoms with Gasteiger partial charge in [0.15, 0.2) is 0 Å². The van der Waals surface area contributed by atoms with Crippen LogP contribution in [0.3, 0.4) is 0 Å². The molecular formula is C44H36N4O2Pt. The van der Waals surface area contributed by atoms with Crippen molar-refractivity contribution >= 4 is 0 Å². The Balaban J connectivity index is 0.00000406. The summed E-state index contributed by atoms with van der Waals surface area (Å²) in [4.78, 5) is 4.92. The molecule has 0 saturated carbocycles. The summed E-state index contributed by atoms with van der Waals surface area (Å²) >= 11 is 0. The van der Waals surface area contributed by atoms with Crippen LogP contribution >= 0.6 is 0 Å². The predicted molar refractivity (Wildman–Crippen MR) is 195 cm³/mol. The average Bonchev–Trinajstić information content (AvgIpc) is 3.64.